The van der Waals surface area contributed by atoms with Crippen LogP contribution in [0.3, 0.4) is 0 Å². The highest BCUT2D eigenvalue weighted by Gasteiger charge is 2.06. The normalized spacial score (nSPS) is 10.4. The largest absolute Gasteiger partial charge is 0.384 e. The Morgan fingerprint density at radius 1 is 1.06 bits per heavy atom. The Morgan fingerprint density at radius 2 is 1.89 bits per heavy atom. The number of para-hydroxylation sites is 1. The fourth-order valence-electron chi connectivity index (χ4n) is 1.91. The predicted octanol–water partition coefficient (Wildman–Crippen LogP) is 2.52. The molecule has 0 unspecified atom stereocenters. The van der Waals surface area contributed by atoms with Gasteiger partial charge in [-0.1, -0.05) is 18.2 Å². The molecule has 18 heavy (non-hydrogen) atoms. The molecule has 0 bridgehead atoms. The van der Waals surface area contributed by atoms with Gasteiger partial charge in [0.2, 0.25) is 0 Å². The summed E-state index contributed by atoms with van der Waals surface area (Å²) in [5.74, 6) is 0.508. The van der Waals surface area contributed by atoms with Crippen molar-refractivity contribution < 1.29 is 0 Å². The lowest BCUT2D eigenvalue weighted by Crippen LogP contribution is -1.96. The second kappa shape index (κ2) is 4.33. The summed E-state index contributed by atoms with van der Waals surface area (Å²) in [7, 11) is 0. The molecule has 3 aromatic rings. The Balaban J connectivity index is 2.13. The molecule has 3 rings (SSSR count). The van der Waals surface area contributed by atoms with E-state index < -0.39 is 0 Å². The van der Waals surface area contributed by atoms with Crippen molar-refractivity contribution in [1.82, 2.24) is 14.5 Å². The lowest BCUT2D eigenvalue weighted by atomic mass is 10.2. The maximum absolute atomic E-state index is 5.71. The van der Waals surface area contributed by atoms with Crippen molar-refractivity contribution in [2.75, 3.05) is 5.73 Å². The molecule has 0 aliphatic rings. The Morgan fingerprint density at radius 3 is 2.67 bits per heavy atom. The maximum atomic E-state index is 5.71. The molecule has 0 spiro atoms. The zero-order valence-corrected chi connectivity index (χ0v) is 9.69. The first kappa shape index (κ1) is 10.5. The van der Waals surface area contributed by atoms with Gasteiger partial charge in [-0.25, -0.2) is 9.97 Å². The Kier molecular flexibility index (Phi) is 2.53. The van der Waals surface area contributed by atoms with Gasteiger partial charge in [-0.15, -0.1) is 0 Å². The zero-order valence-electron chi connectivity index (χ0n) is 9.69. The van der Waals surface area contributed by atoms with Crippen molar-refractivity contribution in [3.05, 3.63) is 61.2 Å². The number of nitrogen functional groups attached to an aromatic ring is 1. The number of pyridine rings is 1. The van der Waals surface area contributed by atoms with Crippen LogP contribution in [0.5, 0.6) is 0 Å². The average Bonchev–Trinajstić information content (AvgIpc) is 2.89. The number of benzene rings is 1. The minimum atomic E-state index is 0.508. The third-order valence-corrected chi connectivity index (χ3v) is 2.75. The van der Waals surface area contributed by atoms with E-state index in [1.54, 1.807) is 12.5 Å². The maximum Gasteiger partial charge on any atom is 0.123 e. The van der Waals surface area contributed by atoms with Crippen LogP contribution in [0.1, 0.15) is 0 Å². The van der Waals surface area contributed by atoms with Crippen LogP contribution in [-0.4, -0.2) is 14.5 Å². The van der Waals surface area contributed by atoms with Crippen molar-refractivity contribution in [2.45, 2.75) is 0 Å². The molecule has 2 heterocycles. The molecule has 2 N–H and O–H groups in total. The number of hydrogen-bond donors (Lipinski definition) is 1. The third-order valence-electron chi connectivity index (χ3n) is 2.75. The first-order valence-corrected chi connectivity index (χ1v) is 5.64. The number of hydrogen-bond acceptors (Lipinski definition) is 3. The second-order valence-corrected chi connectivity index (χ2v) is 3.95. The van der Waals surface area contributed by atoms with Crippen LogP contribution in [-0.2, 0) is 0 Å². The van der Waals surface area contributed by atoms with Crippen molar-refractivity contribution in [1.29, 1.82) is 0 Å². The summed E-state index contributed by atoms with van der Waals surface area (Å²) in [6.45, 7) is 0. The van der Waals surface area contributed by atoms with Gasteiger partial charge in [-0.2, -0.15) is 0 Å². The standard InChI is InChI=1S/C14H12N4/c15-14-8-11(6-7-17-14)13-9-16-10-18(13)12-4-2-1-3-5-12/h1-10H,(H2,15,17). The van der Waals surface area contributed by atoms with Gasteiger partial charge in [0.15, 0.2) is 0 Å². The van der Waals surface area contributed by atoms with E-state index in [9.17, 15) is 0 Å². The van der Waals surface area contributed by atoms with Crippen LogP contribution in [0.25, 0.3) is 16.9 Å². The van der Waals surface area contributed by atoms with Crippen molar-refractivity contribution in [3.8, 4) is 16.9 Å². The summed E-state index contributed by atoms with van der Waals surface area (Å²) < 4.78 is 2.02. The highest BCUT2D eigenvalue weighted by molar-refractivity contribution is 5.64. The van der Waals surface area contributed by atoms with Gasteiger partial charge in [-0.3, -0.25) is 4.57 Å². The van der Waals surface area contributed by atoms with E-state index in [1.807, 2.05) is 53.2 Å². The molecule has 1 aromatic carbocycles. The molecular formula is C14H12N4. The van der Waals surface area contributed by atoms with E-state index in [1.165, 1.54) is 0 Å². The predicted molar refractivity (Wildman–Crippen MR) is 71.2 cm³/mol. The van der Waals surface area contributed by atoms with Gasteiger partial charge in [-0.05, 0) is 24.3 Å². The van der Waals surface area contributed by atoms with Crippen LogP contribution in [0.4, 0.5) is 5.82 Å². The minimum absolute atomic E-state index is 0.508. The molecule has 4 heteroatoms. The lowest BCUT2D eigenvalue weighted by Gasteiger charge is -2.08. The fourth-order valence-corrected chi connectivity index (χ4v) is 1.91. The summed E-state index contributed by atoms with van der Waals surface area (Å²) in [4.78, 5) is 8.21. The van der Waals surface area contributed by atoms with E-state index >= 15 is 0 Å². The van der Waals surface area contributed by atoms with Crippen LogP contribution >= 0.6 is 0 Å². The third kappa shape index (κ3) is 1.84. The molecule has 0 atom stereocenters. The highest BCUT2D eigenvalue weighted by atomic mass is 15.0. The quantitative estimate of drug-likeness (QED) is 0.743. The average molecular weight is 236 g/mol. The van der Waals surface area contributed by atoms with Crippen molar-refractivity contribution in [3.63, 3.8) is 0 Å². The monoisotopic (exact) mass is 236 g/mol. The molecule has 0 saturated heterocycles. The number of imidazole rings is 1. The molecule has 0 aliphatic carbocycles. The molecule has 4 nitrogen and oxygen atoms in total. The van der Waals surface area contributed by atoms with Crippen LogP contribution < -0.4 is 5.73 Å². The fraction of sp³-hybridized carbons (Fsp3) is 0. The first-order chi connectivity index (χ1) is 8.84. The Hall–Kier alpha value is -2.62. The van der Waals surface area contributed by atoms with Gasteiger partial charge in [0.1, 0.15) is 5.82 Å². The number of aromatic nitrogens is 3. The molecule has 0 aliphatic heterocycles. The van der Waals surface area contributed by atoms with E-state index in [4.69, 9.17) is 5.73 Å². The SMILES string of the molecule is Nc1cc(-c2cncn2-c2ccccc2)ccn1. The smallest absolute Gasteiger partial charge is 0.123 e. The number of rotatable bonds is 2. The summed E-state index contributed by atoms with van der Waals surface area (Å²) in [5, 5.41) is 0. The van der Waals surface area contributed by atoms with Gasteiger partial charge in [0, 0.05) is 17.4 Å². The summed E-state index contributed by atoms with van der Waals surface area (Å²) in [6, 6.07) is 13.8. The molecular weight excluding hydrogens is 224 g/mol. The lowest BCUT2D eigenvalue weighted by molar-refractivity contribution is 1.06. The Labute approximate surface area is 105 Å². The molecule has 0 radical (unpaired) electrons. The van der Waals surface area contributed by atoms with E-state index in [0.29, 0.717) is 5.82 Å². The number of anilines is 1. The Bertz CT molecular complexity index is 658. The van der Waals surface area contributed by atoms with Gasteiger partial charge in [0.25, 0.3) is 0 Å². The zero-order chi connectivity index (χ0) is 12.4. The summed E-state index contributed by atoms with van der Waals surface area (Å²) in [5.41, 5.74) is 8.78. The van der Waals surface area contributed by atoms with Gasteiger partial charge < -0.3 is 5.73 Å². The number of nitrogens with two attached hydrogens (primary N) is 1. The minimum Gasteiger partial charge on any atom is -0.384 e. The molecule has 2 aromatic heterocycles. The van der Waals surface area contributed by atoms with E-state index in [0.717, 1.165) is 16.9 Å². The van der Waals surface area contributed by atoms with Crippen LogP contribution in [0.2, 0.25) is 0 Å². The van der Waals surface area contributed by atoms with E-state index in [2.05, 4.69) is 9.97 Å². The molecule has 88 valence electrons. The van der Waals surface area contributed by atoms with Crippen LogP contribution in [0, 0.1) is 0 Å². The summed E-state index contributed by atoms with van der Waals surface area (Å²) >= 11 is 0. The molecule has 0 saturated carbocycles. The van der Waals surface area contributed by atoms with E-state index in [-0.39, 0.29) is 0 Å². The molecule has 0 fully saturated rings. The first-order valence-electron chi connectivity index (χ1n) is 5.64. The van der Waals surface area contributed by atoms with Crippen molar-refractivity contribution >= 4 is 5.82 Å². The molecule has 0 amide bonds. The van der Waals surface area contributed by atoms with Crippen molar-refractivity contribution in [2.24, 2.45) is 0 Å². The highest BCUT2D eigenvalue weighted by Crippen LogP contribution is 2.23. The van der Waals surface area contributed by atoms with Gasteiger partial charge in [0.05, 0.1) is 18.2 Å². The topological polar surface area (TPSA) is 56.7 Å². The summed E-state index contributed by atoms with van der Waals surface area (Å²) in [6.07, 6.45) is 5.32. The van der Waals surface area contributed by atoms with Crippen LogP contribution in [0.15, 0.2) is 61.2 Å². The second-order valence-electron chi connectivity index (χ2n) is 3.95. The van der Waals surface area contributed by atoms with Gasteiger partial charge >= 0.3 is 0 Å². The number of nitrogens with zero attached hydrogens (tertiary/aromatic N) is 3.